The van der Waals surface area contributed by atoms with Crippen molar-refractivity contribution in [3.8, 4) is 0 Å². The topological polar surface area (TPSA) is 49.4 Å². The molecule has 1 aliphatic rings. The van der Waals surface area contributed by atoms with Crippen molar-refractivity contribution in [2.75, 3.05) is 19.6 Å². The molecule has 1 aromatic rings. The van der Waals surface area contributed by atoms with Crippen LogP contribution in [0.25, 0.3) is 0 Å². The van der Waals surface area contributed by atoms with Gasteiger partial charge in [0, 0.05) is 30.5 Å². The molecule has 0 aliphatic carbocycles. The molecule has 0 unspecified atom stereocenters. The van der Waals surface area contributed by atoms with Crippen LogP contribution in [0.1, 0.15) is 16.8 Å². The first kappa shape index (κ1) is 13.4. The minimum absolute atomic E-state index is 0.0226. The molecular formula is C12H12BrClN2O2. The van der Waals surface area contributed by atoms with E-state index < -0.39 is 0 Å². The third kappa shape index (κ3) is 2.84. The van der Waals surface area contributed by atoms with Crippen LogP contribution in [0, 0.1) is 0 Å². The molecule has 0 spiro atoms. The number of nitrogens with zero attached hydrogens (tertiary/aromatic N) is 1. The van der Waals surface area contributed by atoms with E-state index in [9.17, 15) is 9.59 Å². The van der Waals surface area contributed by atoms with Crippen molar-refractivity contribution in [3.05, 3.63) is 33.3 Å². The van der Waals surface area contributed by atoms with Gasteiger partial charge in [0.25, 0.3) is 5.91 Å². The third-order valence-corrected chi connectivity index (χ3v) is 4.08. The molecule has 18 heavy (non-hydrogen) atoms. The summed E-state index contributed by atoms with van der Waals surface area (Å²) < 4.78 is 0.694. The molecule has 4 nitrogen and oxygen atoms in total. The first-order chi connectivity index (χ1) is 8.59. The Balaban J connectivity index is 2.20. The van der Waals surface area contributed by atoms with E-state index >= 15 is 0 Å². The van der Waals surface area contributed by atoms with E-state index in [1.165, 1.54) is 0 Å². The van der Waals surface area contributed by atoms with Gasteiger partial charge in [0.2, 0.25) is 5.91 Å². The van der Waals surface area contributed by atoms with Gasteiger partial charge in [-0.3, -0.25) is 9.59 Å². The van der Waals surface area contributed by atoms with Crippen LogP contribution in [0.4, 0.5) is 0 Å². The molecule has 0 atom stereocenters. The van der Waals surface area contributed by atoms with Crippen LogP contribution in [0.15, 0.2) is 22.7 Å². The molecule has 96 valence electrons. The fourth-order valence-corrected chi connectivity index (χ4v) is 2.38. The second kappa shape index (κ2) is 5.71. The maximum Gasteiger partial charge on any atom is 0.255 e. The van der Waals surface area contributed by atoms with Gasteiger partial charge < -0.3 is 10.2 Å². The number of hydrogen-bond acceptors (Lipinski definition) is 2. The van der Waals surface area contributed by atoms with Gasteiger partial charge in [-0.2, -0.15) is 0 Å². The summed E-state index contributed by atoms with van der Waals surface area (Å²) in [5, 5.41) is 3.14. The van der Waals surface area contributed by atoms with E-state index in [4.69, 9.17) is 11.6 Å². The van der Waals surface area contributed by atoms with Crippen LogP contribution in [0.3, 0.4) is 0 Å². The predicted octanol–water partition coefficient (Wildman–Crippen LogP) is 2.06. The summed E-state index contributed by atoms with van der Waals surface area (Å²) >= 11 is 9.39. The fraction of sp³-hybridized carbons (Fsp3) is 0.333. The highest BCUT2D eigenvalue weighted by Gasteiger charge is 2.22. The zero-order chi connectivity index (χ0) is 13.1. The zero-order valence-corrected chi connectivity index (χ0v) is 11.9. The van der Waals surface area contributed by atoms with Gasteiger partial charge in [-0.1, -0.05) is 17.7 Å². The molecule has 6 heteroatoms. The average Bonchev–Trinajstić information content (AvgIpc) is 2.57. The molecule has 0 radical (unpaired) electrons. The Hall–Kier alpha value is -1.07. The van der Waals surface area contributed by atoms with Gasteiger partial charge in [-0.15, -0.1) is 0 Å². The van der Waals surface area contributed by atoms with Gasteiger partial charge in [-0.25, -0.2) is 0 Å². The number of carbonyl (C=O) groups excluding carboxylic acids is 2. The summed E-state index contributed by atoms with van der Waals surface area (Å²) in [5.74, 6) is -0.163. The third-order valence-electron chi connectivity index (χ3n) is 2.78. The Kier molecular flexibility index (Phi) is 4.24. The summed E-state index contributed by atoms with van der Waals surface area (Å²) in [6.07, 6.45) is 0.331. The van der Waals surface area contributed by atoms with E-state index in [1.807, 2.05) is 0 Å². The van der Waals surface area contributed by atoms with Crippen LogP contribution in [0.2, 0.25) is 5.02 Å². The van der Waals surface area contributed by atoms with Crippen molar-refractivity contribution in [1.82, 2.24) is 10.2 Å². The Morgan fingerprint density at radius 3 is 2.94 bits per heavy atom. The van der Waals surface area contributed by atoms with Gasteiger partial charge in [0.1, 0.15) is 0 Å². The lowest BCUT2D eigenvalue weighted by molar-refractivity contribution is -0.120. The molecule has 1 N–H and O–H groups in total. The minimum Gasteiger partial charge on any atom is -0.354 e. The van der Waals surface area contributed by atoms with E-state index in [2.05, 4.69) is 21.2 Å². The lowest BCUT2D eigenvalue weighted by Gasteiger charge is -2.20. The van der Waals surface area contributed by atoms with Crippen LogP contribution in [-0.2, 0) is 4.79 Å². The van der Waals surface area contributed by atoms with E-state index in [0.717, 1.165) is 0 Å². The molecule has 0 saturated carbocycles. The lowest BCUT2D eigenvalue weighted by Crippen LogP contribution is -2.34. The quantitative estimate of drug-likeness (QED) is 0.856. The van der Waals surface area contributed by atoms with E-state index in [0.29, 0.717) is 41.1 Å². The maximum atomic E-state index is 12.3. The number of rotatable bonds is 1. The first-order valence-corrected chi connectivity index (χ1v) is 6.76. The number of halogens is 2. The largest absolute Gasteiger partial charge is 0.354 e. The summed E-state index contributed by atoms with van der Waals surface area (Å²) in [6.45, 7) is 1.41. The SMILES string of the molecule is O=C1CCN(C(=O)c2cccc(Br)c2Cl)CCN1. The molecule has 1 heterocycles. The zero-order valence-electron chi connectivity index (χ0n) is 9.58. The van der Waals surface area contributed by atoms with Crippen molar-refractivity contribution in [3.63, 3.8) is 0 Å². The molecule has 1 aliphatic heterocycles. The molecule has 2 amide bonds. The van der Waals surface area contributed by atoms with E-state index in [-0.39, 0.29) is 11.8 Å². The smallest absolute Gasteiger partial charge is 0.255 e. The van der Waals surface area contributed by atoms with Gasteiger partial charge in [0.15, 0.2) is 0 Å². The predicted molar refractivity (Wildman–Crippen MR) is 72.7 cm³/mol. The van der Waals surface area contributed by atoms with Gasteiger partial charge >= 0.3 is 0 Å². The maximum absolute atomic E-state index is 12.3. The molecular weight excluding hydrogens is 320 g/mol. The normalized spacial score (nSPS) is 16.1. The van der Waals surface area contributed by atoms with Crippen LogP contribution >= 0.6 is 27.5 Å². The van der Waals surface area contributed by atoms with E-state index in [1.54, 1.807) is 23.1 Å². The number of carbonyl (C=O) groups is 2. The second-order valence-corrected chi connectivity index (χ2v) is 5.23. The van der Waals surface area contributed by atoms with Crippen LogP contribution < -0.4 is 5.32 Å². The van der Waals surface area contributed by atoms with Crippen molar-refractivity contribution < 1.29 is 9.59 Å². The number of hydrogen-bond donors (Lipinski definition) is 1. The monoisotopic (exact) mass is 330 g/mol. The molecule has 1 aromatic carbocycles. The number of benzene rings is 1. The Labute approximate surface area is 118 Å². The fourth-order valence-electron chi connectivity index (χ4n) is 1.81. The van der Waals surface area contributed by atoms with Gasteiger partial charge in [-0.05, 0) is 28.1 Å². The van der Waals surface area contributed by atoms with Crippen molar-refractivity contribution in [1.29, 1.82) is 0 Å². The summed E-state index contributed by atoms with van der Waals surface area (Å²) in [6, 6.07) is 5.24. The van der Waals surface area contributed by atoms with Crippen LogP contribution in [0.5, 0.6) is 0 Å². The first-order valence-electron chi connectivity index (χ1n) is 5.59. The highest BCUT2D eigenvalue weighted by atomic mass is 79.9. The average molecular weight is 332 g/mol. The van der Waals surface area contributed by atoms with Crippen molar-refractivity contribution in [2.24, 2.45) is 0 Å². The molecule has 0 aromatic heterocycles. The molecule has 1 fully saturated rings. The molecule has 1 saturated heterocycles. The highest BCUT2D eigenvalue weighted by molar-refractivity contribution is 9.10. The minimum atomic E-state index is -0.141. The Morgan fingerprint density at radius 1 is 1.39 bits per heavy atom. The lowest BCUT2D eigenvalue weighted by atomic mass is 10.2. The van der Waals surface area contributed by atoms with Crippen LogP contribution in [-0.4, -0.2) is 36.3 Å². The Bertz CT molecular complexity index is 493. The van der Waals surface area contributed by atoms with Gasteiger partial charge in [0.05, 0.1) is 10.6 Å². The molecule has 2 rings (SSSR count). The number of amides is 2. The summed E-state index contributed by atoms with van der Waals surface area (Å²) in [7, 11) is 0. The molecule has 0 bridgehead atoms. The standard InChI is InChI=1S/C12H12BrClN2O2/c13-9-3-1-2-8(11(9)14)12(18)16-6-4-10(17)15-5-7-16/h1-3H,4-7H2,(H,15,17). The van der Waals surface area contributed by atoms with Crippen molar-refractivity contribution >= 4 is 39.3 Å². The highest BCUT2D eigenvalue weighted by Crippen LogP contribution is 2.27. The summed E-state index contributed by atoms with van der Waals surface area (Å²) in [4.78, 5) is 25.2. The second-order valence-electron chi connectivity index (χ2n) is 3.99. The number of nitrogens with one attached hydrogen (secondary N) is 1. The Morgan fingerprint density at radius 2 is 2.17 bits per heavy atom. The van der Waals surface area contributed by atoms with Crippen molar-refractivity contribution in [2.45, 2.75) is 6.42 Å². The summed E-state index contributed by atoms with van der Waals surface area (Å²) in [5.41, 5.74) is 0.459.